The lowest BCUT2D eigenvalue weighted by Crippen LogP contribution is -2.66. The van der Waals surface area contributed by atoms with Gasteiger partial charge in [-0.2, -0.15) is 0 Å². The van der Waals surface area contributed by atoms with Crippen molar-refractivity contribution < 1.29 is 13.9 Å². The van der Waals surface area contributed by atoms with Crippen LogP contribution in [-0.2, 0) is 17.6 Å². The summed E-state index contributed by atoms with van der Waals surface area (Å²) < 4.78 is 20.4. The van der Waals surface area contributed by atoms with Gasteiger partial charge in [0, 0.05) is 6.54 Å². The molecule has 3 aromatic carbocycles. The first-order valence-electron chi connectivity index (χ1n) is 12.0. The summed E-state index contributed by atoms with van der Waals surface area (Å²) in [5, 5.41) is 2.47. The van der Waals surface area contributed by atoms with Crippen LogP contribution in [0.1, 0.15) is 37.7 Å². The summed E-state index contributed by atoms with van der Waals surface area (Å²) in [5.41, 5.74) is 3.22. The molecule has 0 unspecified atom stereocenters. The van der Waals surface area contributed by atoms with Gasteiger partial charge < -0.3 is 18.5 Å². The molecule has 35 heavy (non-hydrogen) atoms. The highest BCUT2D eigenvalue weighted by Gasteiger charge is 2.50. The Morgan fingerprint density at radius 1 is 0.886 bits per heavy atom. The maximum Gasteiger partial charge on any atom is 0.261 e. The number of aryl methyl sites for hydroxylation is 1. The number of ether oxygens (including phenoxy) is 2. The van der Waals surface area contributed by atoms with Gasteiger partial charge in [0.2, 0.25) is 6.79 Å². The van der Waals surface area contributed by atoms with Crippen molar-refractivity contribution in [3.8, 4) is 11.5 Å². The lowest BCUT2D eigenvalue weighted by molar-refractivity contribution is 0.174. The predicted octanol–water partition coefficient (Wildman–Crippen LogP) is 5.05. The van der Waals surface area contributed by atoms with Crippen LogP contribution in [0.15, 0.2) is 85.2 Å². The molecule has 0 saturated carbocycles. The molecular formula is C29H32N2O3Si. The average Bonchev–Trinajstić information content (AvgIpc) is 3.46. The number of nitrogens with zero attached hydrogens (tertiary/aromatic N) is 2. The summed E-state index contributed by atoms with van der Waals surface area (Å²) in [4.78, 5) is 4.64. The van der Waals surface area contributed by atoms with Gasteiger partial charge in [-0.25, -0.2) is 4.98 Å². The van der Waals surface area contributed by atoms with Gasteiger partial charge in [-0.1, -0.05) is 87.5 Å². The van der Waals surface area contributed by atoms with E-state index >= 15 is 0 Å². The van der Waals surface area contributed by atoms with Crippen LogP contribution < -0.4 is 19.8 Å². The highest BCUT2D eigenvalue weighted by atomic mass is 28.4. The van der Waals surface area contributed by atoms with Crippen LogP contribution in [-0.4, -0.2) is 24.7 Å². The van der Waals surface area contributed by atoms with E-state index in [1.54, 1.807) is 0 Å². The largest absolute Gasteiger partial charge is 0.454 e. The number of aromatic nitrogens is 2. The molecule has 0 radical (unpaired) electrons. The topological polar surface area (TPSA) is 45.5 Å². The second kappa shape index (κ2) is 9.36. The zero-order chi connectivity index (χ0) is 24.5. The van der Waals surface area contributed by atoms with Crippen LogP contribution in [0.3, 0.4) is 0 Å². The molecule has 5 rings (SSSR count). The molecule has 180 valence electrons. The summed E-state index contributed by atoms with van der Waals surface area (Å²) in [6.45, 7) is 10.4. The second-order valence-electron chi connectivity index (χ2n) is 10.0. The molecule has 1 aliphatic rings. The SMILES string of the molecule is Cc1ncn(Cc2ccc3c(c2)OCO3)c1CO[Si](c1ccccc1)(c1ccccc1)C(C)(C)C. The highest BCUT2D eigenvalue weighted by Crippen LogP contribution is 2.37. The first-order valence-corrected chi connectivity index (χ1v) is 13.9. The van der Waals surface area contributed by atoms with E-state index in [0.29, 0.717) is 13.2 Å². The van der Waals surface area contributed by atoms with Crippen molar-refractivity contribution in [2.24, 2.45) is 0 Å². The maximum atomic E-state index is 7.18. The van der Waals surface area contributed by atoms with Gasteiger partial charge >= 0.3 is 0 Å². The van der Waals surface area contributed by atoms with Crippen molar-refractivity contribution in [1.29, 1.82) is 0 Å². The molecule has 0 saturated heterocycles. The van der Waals surface area contributed by atoms with Gasteiger partial charge in [0.15, 0.2) is 11.5 Å². The van der Waals surface area contributed by atoms with Crippen molar-refractivity contribution >= 4 is 18.7 Å². The third kappa shape index (κ3) is 4.40. The smallest absolute Gasteiger partial charge is 0.261 e. The van der Waals surface area contributed by atoms with Crippen LogP contribution in [0, 0.1) is 6.92 Å². The average molecular weight is 485 g/mol. The molecule has 2 heterocycles. The quantitative estimate of drug-likeness (QED) is 0.345. The molecule has 0 bridgehead atoms. The van der Waals surface area contributed by atoms with Crippen molar-refractivity contribution in [3.05, 3.63) is 102 Å². The van der Waals surface area contributed by atoms with Crippen LogP contribution in [0.25, 0.3) is 0 Å². The number of fused-ring (bicyclic) bond motifs is 1. The molecule has 0 fully saturated rings. The van der Waals surface area contributed by atoms with Gasteiger partial charge in [-0.05, 0) is 40.0 Å². The molecule has 0 amide bonds. The lowest BCUT2D eigenvalue weighted by atomic mass is 10.2. The Labute approximate surface area is 208 Å². The maximum absolute atomic E-state index is 7.18. The monoisotopic (exact) mass is 484 g/mol. The number of rotatable bonds is 7. The van der Waals surface area contributed by atoms with E-state index in [9.17, 15) is 0 Å². The molecule has 0 atom stereocenters. The summed E-state index contributed by atoms with van der Waals surface area (Å²) >= 11 is 0. The van der Waals surface area contributed by atoms with Gasteiger partial charge in [0.05, 0.1) is 24.3 Å². The zero-order valence-corrected chi connectivity index (χ0v) is 21.8. The summed E-state index contributed by atoms with van der Waals surface area (Å²) in [6.07, 6.45) is 1.91. The summed E-state index contributed by atoms with van der Waals surface area (Å²) in [6, 6.07) is 27.6. The van der Waals surface area contributed by atoms with E-state index in [1.165, 1.54) is 10.4 Å². The molecule has 0 N–H and O–H groups in total. The Kier molecular flexibility index (Phi) is 6.26. The molecule has 0 aliphatic carbocycles. The van der Waals surface area contributed by atoms with Crippen molar-refractivity contribution in [1.82, 2.24) is 9.55 Å². The van der Waals surface area contributed by atoms with Crippen molar-refractivity contribution in [2.75, 3.05) is 6.79 Å². The van der Waals surface area contributed by atoms with E-state index in [1.807, 2.05) is 18.5 Å². The fourth-order valence-electron chi connectivity index (χ4n) is 5.01. The van der Waals surface area contributed by atoms with E-state index in [2.05, 4.69) is 104 Å². The fraction of sp³-hybridized carbons (Fsp3) is 0.276. The fourth-order valence-corrected chi connectivity index (χ4v) is 9.51. The minimum Gasteiger partial charge on any atom is -0.454 e. The van der Waals surface area contributed by atoms with Gasteiger partial charge in [-0.15, -0.1) is 0 Å². The molecule has 1 aliphatic heterocycles. The zero-order valence-electron chi connectivity index (χ0n) is 20.8. The van der Waals surface area contributed by atoms with Gasteiger partial charge in [-0.3, -0.25) is 0 Å². The Balaban J connectivity index is 1.50. The Bertz CT molecular complexity index is 1260. The Morgan fingerprint density at radius 2 is 1.51 bits per heavy atom. The van der Waals surface area contributed by atoms with Crippen molar-refractivity contribution in [3.63, 3.8) is 0 Å². The molecular weight excluding hydrogens is 452 g/mol. The number of hydrogen-bond donors (Lipinski definition) is 0. The van der Waals surface area contributed by atoms with E-state index in [4.69, 9.17) is 13.9 Å². The molecule has 5 nitrogen and oxygen atoms in total. The first kappa shape index (κ1) is 23.4. The molecule has 4 aromatic rings. The number of hydrogen-bond acceptors (Lipinski definition) is 4. The summed E-state index contributed by atoms with van der Waals surface area (Å²) in [5.74, 6) is 1.59. The third-order valence-corrected chi connectivity index (χ3v) is 11.8. The number of benzene rings is 3. The van der Waals surface area contributed by atoms with Gasteiger partial charge in [0.25, 0.3) is 8.32 Å². The van der Waals surface area contributed by atoms with Crippen LogP contribution >= 0.6 is 0 Å². The number of imidazole rings is 1. The summed E-state index contributed by atoms with van der Waals surface area (Å²) in [7, 11) is -2.63. The van der Waals surface area contributed by atoms with E-state index in [0.717, 1.165) is 28.5 Å². The second-order valence-corrected chi connectivity index (χ2v) is 14.3. The first-order chi connectivity index (χ1) is 16.9. The highest BCUT2D eigenvalue weighted by molar-refractivity contribution is 6.99. The van der Waals surface area contributed by atoms with Crippen LogP contribution in [0.5, 0.6) is 11.5 Å². The Morgan fingerprint density at radius 3 is 2.14 bits per heavy atom. The van der Waals surface area contributed by atoms with Crippen LogP contribution in [0.2, 0.25) is 5.04 Å². The van der Waals surface area contributed by atoms with E-state index in [-0.39, 0.29) is 11.8 Å². The minimum atomic E-state index is -2.63. The predicted molar refractivity (Wildman–Crippen MR) is 141 cm³/mol. The molecule has 1 aromatic heterocycles. The van der Waals surface area contributed by atoms with Crippen molar-refractivity contribution in [2.45, 2.75) is 45.9 Å². The molecule has 0 spiro atoms. The minimum absolute atomic E-state index is 0.0776. The molecule has 6 heteroatoms. The van der Waals surface area contributed by atoms with E-state index < -0.39 is 8.32 Å². The third-order valence-electron chi connectivity index (χ3n) is 6.79. The normalized spacial score (nSPS) is 13.3. The van der Waals surface area contributed by atoms with Crippen LogP contribution in [0.4, 0.5) is 0 Å². The lowest BCUT2D eigenvalue weighted by Gasteiger charge is -2.43. The standard InChI is InChI=1S/C29H32N2O3Si/c1-22-26(31(20-30-22)18-23-15-16-27-28(17-23)33-21-32-27)19-34-35(29(2,3)4,24-11-7-5-8-12-24)25-13-9-6-10-14-25/h5-17,20H,18-19,21H2,1-4H3. The Hall–Kier alpha value is -3.35. The van der Waals surface area contributed by atoms with Gasteiger partial charge in [0.1, 0.15) is 0 Å².